The van der Waals surface area contributed by atoms with Gasteiger partial charge in [0.2, 0.25) is 0 Å². The van der Waals surface area contributed by atoms with E-state index in [4.69, 9.17) is 4.74 Å². The van der Waals surface area contributed by atoms with Crippen molar-refractivity contribution in [3.63, 3.8) is 0 Å². The van der Waals surface area contributed by atoms with Gasteiger partial charge < -0.3 is 10.1 Å². The molecule has 150 valence electrons. The summed E-state index contributed by atoms with van der Waals surface area (Å²) in [6, 6.07) is 3.10. The standard InChI is InChI=1S/C18H24F3N3O3/c19-18(20,21)15-12-14(4-5-16(15)24(25)26)22-13-17(6-10-27-11-7-17)23-8-2-1-3-9-23/h4-5,12,22H,1-3,6-11,13H2. The van der Waals surface area contributed by atoms with Crippen LogP contribution < -0.4 is 5.32 Å². The van der Waals surface area contributed by atoms with Crippen LogP contribution in [0, 0.1) is 10.1 Å². The van der Waals surface area contributed by atoms with Crippen LogP contribution in [0.25, 0.3) is 0 Å². The van der Waals surface area contributed by atoms with E-state index in [2.05, 4.69) is 10.2 Å². The van der Waals surface area contributed by atoms with Crippen molar-refractivity contribution >= 4 is 11.4 Å². The normalized spacial score (nSPS) is 21.0. The highest BCUT2D eigenvalue weighted by Gasteiger charge is 2.40. The van der Waals surface area contributed by atoms with Gasteiger partial charge in [-0.15, -0.1) is 0 Å². The maximum absolute atomic E-state index is 13.2. The maximum Gasteiger partial charge on any atom is 0.423 e. The summed E-state index contributed by atoms with van der Waals surface area (Å²) in [4.78, 5) is 12.3. The van der Waals surface area contributed by atoms with Crippen LogP contribution in [-0.4, -0.2) is 48.2 Å². The molecule has 1 aromatic carbocycles. The smallest absolute Gasteiger partial charge is 0.383 e. The van der Waals surface area contributed by atoms with Crippen molar-refractivity contribution in [2.24, 2.45) is 0 Å². The van der Waals surface area contributed by atoms with Gasteiger partial charge in [-0.3, -0.25) is 15.0 Å². The molecular weight excluding hydrogens is 363 g/mol. The van der Waals surface area contributed by atoms with Crippen LogP contribution in [0.5, 0.6) is 0 Å². The minimum absolute atomic E-state index is 0.154. The Morgan fingerprint density at radius 1 is 1.19 bits per heavy atom. The third-order valence-corrected chi connectivity index (χ3v) is 5.57. The Morgan fingerprint density at radius 3 is 2.44 bits per heavy atom. The van der Waals surface area contributed by atoms with Crippen LogP contribution in [-0.2, 0) is 10.9 Å². The first-order chi connectivity index (χ1) is 12.8. The van der Waals surface area contributed by atoms with Gasteiger partial charge in [-0.2, -0.15) is 13.2 Å². The predicted octanol–water partition coefficient (Wildman–Crippen LogP) is 4.06. The summed E-state index contributed by atoms with van der Waals surface area (Å²) >= 11 is 0. The number of hydrogen-bond donors (Lipinski definition) is 1. The number of nitro groups is 1. The average Bonchev–Trinajstić information content (AvgIpc) is 2.67. The summed E-state index contributed by atoms with van der Waals surface area (Å²) in [7, 11) is 0. The van der Waals surface area contributed by atoms with E-state index < -0.39 is 22.4 Å². The number of rotatable bonds is 5. The number of ether oxygens (including phenoxy) is 1. The SMILES string of the molecule is O=[N+]([O-])c1ccc(NCC2(N3CCCCC3)CCOCC2)cc1C(F)(F)F. The number of halogens is 3. The fourth-order valence-electron chi connectivity index (χ4n) is 4.02. The summed E-state index contributed by atoms with van der Waals surface area (Å²) in [5.41, 5.74) is -2.06. The minimum atomic E-state index is -4.77. The van der Waals surface area contributed by atoms with E-state index in [0.717, 1.165) is 50.9 Å². The first-order valence-corrected chi connectivity index (χ1v) is 9.24. The fourth-order valence-corrected chi connectivity index (χ4v) is 4.02. The quantitative estimate of drug-likeness (QED) is 0.610. The van der Waals surface area contributed by atoms with E-state index >= 15 is 0 Å². The predicted molar refractivity (Wildman–Crippen MR) is 94.8 cm³/mol. The number of nitrogens with one attached hydrogen (secondary N) is 1. The van der Waals surface area contributed by atoms with Crippen molar-refractivity contribution in [3.05, 3.63) is 33.9 Å². The molecule has 0 unspecified atom stereocenters. The third kappa shape index (κ3) is 4.52. The van der Waals surface area contributed by atoms with Crippen molar-refractivity contribution in [3.8, 4) is 0 Å². The number of benzene rings is 1. The second-order valence-corrected chi connectivity index (χ2v) is 7.22. The largest absolute Gasteiger partial charge is 0.423 e. The lowest BCUT2D eigenvalue weighted by molar-refractivity contribution is -0.388. The van der Waals surface area contributed by atoms with Crippen LogP contribution >= 0.6 is 0 Å². The topological polar surface area (TPSA) is 67.6 Å². The molecule has 3 rings (SSSR count). The molecule has 2 aliphatic heterocycles. The van der Waals surface area contributed by atoms with Crippen LogP contribution in [0.15, 0.2) is 18.2 Å². The fraction of sp³-hybridized carbons (Fsp3) is 0.667. The van der Waals surface area contributed by atoms with Crippen molar-refractivity contribution in [1.82, 2.24) is 4.90 Å². The van der Waals surface area contributed by atoms with E-state index in [1.165, 1.54) is 12.5 Å². The molecule has 0 bridgehead atoms. The first kappa shape index (κ1) is 19.9. The van der Waals surface area contributed by atoms with Crippen LogP contribution in [0.4, 0.5) is 24.5 Å². The second kappa shape index (κ2) is 8.02. The summed E-state index contributed by atoms with van der Waals surface area (Å²) < 4.78 is 45.1. The van der Waals surface area contributed by atoms with E-state index in [1.54, 1.807) is 0 Å². The summed E-state index contributed by atoms with van der Waals surface area (Å²) in [5, 5.41) is 14.0. The molecule has 0 atom stereocenters. The molecule has 1 aromatic rings. The molecule has 0 amide bonds. The van der Waals surface area contributed by atoms with E-state index in [1.807, 2.05) is 0 Å². The molecule has 0 radical (unpaired) electrons. The zero-order valence-electron chi connectivity index (χ0n) is 15.1. The Kier molecular flexibility index (Phi) is 5.90. The summed E-state index contributed by atoms with van der Waals surface area (Å²) in [6.45, 7) is 3.72. The Bertz CT molecular complexity index is 670. The van der Waals surface area contributed by atoms with Gasteiger partial charge in [-0.05, 0) is 50.9 Å². The first-order valence-electron chi connectivity index (χ1n) is 9.24. The Labute approximate surface area is 155 Å². The molecule has 2 saturated heterocycles. The summed E-state index contributed by atoms with van der Waals surface area (Å²) in [6.07, 6.45) is 0.312. The van der Waals surface area contributed by atoms with Crippen molar-refractivity contribution in [2.45, 2.75) is 43.8 Å². The number of alkyl halides is 3. The Balaban J connectivity index is 1.80. The molecule has 0 spiro atoms. The van der Waals surface area contributed by atoms with E-state index in [0.29, 0.717) is 19.8 Å². The third-order valence-electron chi connectivity index (χ3n) is 5.57. The van der Waals surface area contributed by atoms with Crippen molar-refractivity contribution in [1.29, 1.82) is 0 Å². The molecule has 9 heteroatoms. The van der Waals surface area contributed by atoms with Gasteiger partial charge in [0.25, 0.3) is 5.69 Å². The van der Waals surface area contributed by atoms with Gasteiger partial charge >= 0.3 is 6.18 Å². The molecule has 0 saturated carbocycles. The molecule has 6 nitrogen and oxygen atoms in total. The molecule has 0 aromatic heterocycles. The summed E-state index contributed by atoms with van der Waals surface area (Å²) in [5.74, 6) is 0. The highest BCUT2D eigenvalue weighted by Crippen LogP contribution is 2.38. The monoisotopic (exact) mass is 387 g/mol. The van der Waals surface area contributed by atoms with Gasteiger partial charge in [0.05, 0.1) is 4.92 Å². The minimum Gasteiger partial charge on any atom is -0.383 e. The van der Waals surface area contributed by atoms with Gasteiger partial charge in [-0.1, -0.05) is 6.42 Å². The lowest BCUT2D eigenvalue weighted by Crippen LogP contribution is -2.57. The lowest BCUT2D eigenvalue weighted by atomic mass is 9.86. The molecule has 2 aliphatic rings. The van der Waals surface area contributed by atoms with Gasteiger partial charge in [0.15, 0.2) is 0 Å². The molecule has 2 heterocycles. The second-order valence-electron chi connectivity index (χ2n) is 7.22. The van der Waals surface area contributed by atoms with Gasteiger partial charge in [-0.25, -0.2) is 0 Å². The van der Waals surface area contributed by atoms with Gasteiger partial charge in [0, 0.05) is 37.1 Å². The number of anilines is 1. The number of hydrogen-bond acceptors (Lipinski definition) is 5. The van der Waals surface area contributed by atoms with Gasteiger partial charge in [0.1, 0.15) is 5.56 Å². The highest BCUT2D eigenvalue weighted by molar-refractivity contribution is 5.55. The van der Waals surface area contributed by atoms with Crippen LogP contribution in [0.1, 0.15) is 37.7 Å². The molecule has 2 fully saturated rings. The zero-order chi connectivity index (χ0) is 19.5. The highest BCUT2D eigenvalue weighted by atomic mass is 19.4. The Morgan fingerprint density at radius 2 is 1.85 bits per heavy atom. The van der Waals surface area contributed by atoms with E-state index in [-0.39, 0.29) is 11.2 Å². The van der Waals surface area contributed by atoms with Crippen LogP contribution in [0.2, 0.25) is 0 Å². The lowest BCUT2D eigenvalue weighted by Gasteiger charge is -2.48. The molecular formula is C18H24F3N3O3. The number of nitrogens with zero attached hydrogens (tertiary/aromatic N) is 2. The average molecular weight is 387 g/mol. The zero-order valence-corrected chi connectivity index (χ0v) is 15.1. The van der Waals surface area contributed by atoms with Crippen LogP contribution in [0.3, 0.4) is 0 Å². The molecule has 1 N–H and O–H groups in total. The molecule has 0 aliphatic carbocycles. The number of likely N-dealkylation sites (tertiary alicyclic amines) is 1. The maximum atomic E-state index is 13.2. The number of piperidine rings is 1. The van der Waals surface area contributed by atoms with E-state index in [9.17, 15) is 23.3 Å². The molecule has 27 heavy (non-hydrogen) atoms. The number of nitro benzene ring substituents is 1. The van der Waals surface area contributed by atoms with Crippen molar-refractivity contribution < 1.29 is 22.8 Å². The Hall–Kier alpha value is -1.87. The van der Waals surface area contributed by atoms with Crippen molar-refractivity contribution in [2.75, 3.05) is 38.2 Å².